The van der Waals surface area contributed by atoms with Crippen molar-refractivity contribution in [3.8, 4) is 0 Å². The molecule has 0 bridgehead atoms. The molecule has 1 atom stereocenters. The normalized spacial score (nSPS) is 14.7. The molecule has 2 aromatic carbocycles. The molecule has 1 fully saturated rings. The molecular formula is C28H32Br2N4O4S. The highest BCUT2D eigenvalue weighted by atomic mass is 79.9. The van der Waals surface area contributed by atoms with Crippen molar-refractivity contribution in [3.63, 3.8) is 0 Å². The number of aromatic amines is 1. The Bertz CT molecular complexity index is 1370. The van der Waals surface area contributed by atoms with Crippen molar-refractivity contribution in [3.05, 3.63) is 92.1 Å². The maximum absolute atomic E-state index is 11.1. The highest BCUT2D eigenvalue weighted by molar-refractivity contribution is 9.10. The molecule has 0 radical (unpaired) electrons. The molecule has 0 spiro atoms. The SMILES string of the molecule is C/C=C\C(N)=C/N.CC(=O)c1cc2cc(Br)ccc2[nH]1.NC1CCOC1.O=C(O)c1cc2ccc(Br)cc2s1. The fourth-order valence-electron chi connectivity index (χ4n) is 3.20. The largest absolute Gasteiger partial charge is 0.477 e. The van der Waals surface area contributed by atoms with Gasteiger partial charge in [0.05, 0.1) is 12.3 Å². The third kappa shape index (κ3) is 11.0. The fourth-order valence-corrected chi connectivity index (χ4v) is 5.04. The van der Waals surface area contributed by atoms with E-state index in [0.717, 1.165) is 49.6 Å². The molecule has 39 heavy (non-hydrogen) atoms. The number of nitrogens with one attached hydrogen (secondary N) is 1. The van der Waals surface area contributed by atoms with Gasteiger partial charge in [-0.3, -0.25) is 4.79 Å². The van der Waals surface area contributed by atoms with Gasteiger partial charge in [-0.25, -0.2) is 4.79 Å². The van der Waals surface area contributed by atoms with Gasteiger partial charge in [-0.15, -0.1) is 11.3 Å². The minimum atomic E-state index is -0.864. The second-order valence-corrected chi connectivity index (χ2v) is 11.3. The highest BCUT2D eigenvalue weighted by Gasteiger charge is 2.08. The lowest BCUT2D eigenvalue weighted by Crippen LogP contribution is -2.18. The highest BCUT2D eigenvalue weighted by Crippen LogP contribution is 2.28. The van der Waals surface area contributed by atoms with E-state index in [1.54, 1.807) is 19.1 Å². The summed E-state index contributed by atoms with van der Waals surface area (Å²) in [5.41, 5.74) is 17.9. The number of halogens is 2. The molecule has 1 unspecified atom stereocenters. The van der Waals surface area contributed by atoms with Crippen LogP contribution in [0.1, 0.15) is 40.4 Å². The maximum Gasteiger partial charge on any atom is 0.345 e. The van der Waals surface area contributed by atoms with Gasteiger partial charge >= 0.3 is 5.97 Å². The lowest BCUT2D eigenvalue weighted by Gasteiger charge is -1.90. The second-order valence-electron chi connectivity index (χ2n) is 8.36. The summed E-state index contributed by atoms with van der Waals surface area (Å²) in [5, 5.41) is 10.8. The number of carbonyl (C=O) groups is 2. The molecule has 1 aliphatic rings. The smallest absolute Gasteiger partial charge is 0.345 e. The quantitative estimate of drug-likeness (QED) is 0.121. The minimum Gasteiger partial charge on any atom is -0.477 e. The summed E-state index contributed by atoms with van der Waals surface area (Å²) in [5.74, 6) is -0.801. The Labute approximate surface area is 248 Å². The topological polar surface area (TPSA) is 157 Å². The molecule has 0 aliphatic carbocycles. The number of rotatable bonds is 3. The first-order chi connectivity index (χ1) is 18.5. The van der Waals surface area contributed by atoms with Gasteiger partial charge in [0.25, 0.3) is 0 Å². The number of aromatic nitrogens is 1. The van der Waals surface area contributed by atoms with Crippen LogP contribution >= 0.6 is 43.2 Å². The van der Waals surface area contributed by atoms with E-state index in [4.69, 9.17) is 27.0 Å². The number of carbonyl (C=O) groups excluding carboxylic acids is 1. The van der Waals surface area contributed by atoms with Crippen LogP contribution in [0, 0.1) is 0 Å². The van der Waals surface area contributed by atoms with Crippen LogP contribution in [0.4, 0.5) is 0 Å². The predicted octanol–water partition coefficient (Wildman–Crippen LogP) is 6.55. The van der Waals surface area contributed by atoms with Crippen molar-refractivity contribution in [1.29, 1.82) is 0 Å². The molecule has 208 valence electrons. The number of hydrogen-bond donors (Lipinski definition) is 5. The Hall–Kier alpha value is -2.96. The number of ketones is 1. The number of hydrogen-bond acceptors (Lipinski definition) is 7. The Balaban J connectivity index is 0.000000193. The van der Waals surface area contributed by atoms with Crippen LogP contribution in [0.15, 0.2) is 81.5 Å². The van der Waals surface area contributed by atoms with E-state index in [2.05, 4.69) is 36.8 Å². The van der Waals surface area contributed by atoms with Crippen molar-refractivity contribution >= 4 is 75.9 Å². The van der Waals surface area contributed by atoms with Crippen molar-refractivity contribution in [2.24, 2.45) is 17.2 Å². The Morgan fingerprint density at radius 2 is 1.79 bits per heavy atom. The summed E-state index contributed by atoms with van der Waals surface area (Å²) >= 11 is 8.01. The summed E-state index contributed by atoms with van der Waals surface area (Å²) < 4.78 is 7.92. The molecule has 3 heterocycles. The van der Waals surface area contributed by atoms with Gasteiger partial charge in [0, 0.05) is 56.0 Å². The number of aromatic carboxylic acids is 1. The number of carboxylic acid groups (broad SMARTS) is 1. The molecule has 4 aromatic rings. The third-order valence-electron chi connectivity index (χ3n) is 5.17. The third-order valence-corrected chi connectivity index (χ3v) is 7.24. The summed E-state index contributed by atoms with van der Waals surface area (Å²) in [6, 6.07) is 15.5. The fraction of sp³-hybridized carbons (Fsp3) is 0.214. The molecule has 8 nitrogen and oxygen atoms in total. The number of ether oxygens (including phenoxy) is 1. The van der Waals surface area contributed by atoms with Crippen LogP contribution in [-0.4, -0.2) is 41.1 Å². The summed E-state index contributed by atoms with van der Waals surface area (Å²) in [6.45, 7) is 5.07. The molecule has 5 rings (SSSR count). The number of fused-ring (bicyclic) bond motifs is 2. The second kappa shape index (κ2) is 16.2. The number of benzene rings is 2. The maximum atomic E-state index is 11.1. The molecule has 8 N–H and O–H groups in total. The van der Waals surface area contributed by atoms with Gasteiger partial charge in [0.2, 0.25) is 0 Å². The lowest BCUT2D eigenvalue weighted by atomic mass is 10.2. The van der Waals surface area contributed by atoms with Gasteiger partial charge in [0.15, 0.2) is 5.78 Å². The van der Waals surface area contributed by atoms with E-state index < -0.39 is 5.97 Å². The first kappa shape index (κ1) is 32.3. The van der Waals surface area contributed by atoms with Crippen molar-refractivity contribution < 1.29 is 19.4 Å². The lowest BCUT2D eigenvalue weighted by molar-refractivity contribution is 0.0702. The van der Waals surface area contributed by atoms with Gasteiger partial charge in [-0.2, -0.15) is 0 Å². The van der Waals surface area contributed by atoms with Crippen LogP contribution in [0.3, 0.4) is 0 Å². The van der Waals surface area contributed by atoms with Crippen LogP contribution in [-0.2, 0) is 4.74 Å². The van der Waals surface area contributed by atoms with Gasteiger partial charge in [-0.1, -0.05) is 44.0 Å². The number of allylic oxidation sites excluding steroid dienone is 2. The summed E-state index contributed by atoms with van der Waals surface area (Å²) in [7, 11) is 0. The van der Waals surface area contributed by atoms with Crippen LogP contribution in [0.25, 0.3) is 21.0 Å². The minimum absolute atomic E-state index is 0.0623. The number of nitrogens with two attached hydrogens (primary N) is 3. The predicted molar refractivity (Wildman–Crippen MR) is 167 cm³/mol. The standard InChI is InChI=1S/C10H8BrNO.C9H5BrO2S.C5H10N2.C4H9NO/c1-6(13)10-5-7-4-8(11)2-3-9(7)12-10;10-6-2-1-5-3-8(9(11)12)13-7(5)4-6;1-2-3-5(7)4-6;5-4-1-2-6-3-4/h2-5,12H,1H3;1-4H,(H,11,12);2-4H,6-7H2,1H3;4H,1-3,5H2/b;;3-2-,5-4+;. The van der Waals surface area contributed by atoms with Gasteiger partial charge in [-0.05, 0) is 67.3 Å². The Morgan fingerprint density at radius 1 is 1.10 bits per heavy atom. The number of H-pyrrole nitrogens is 1. The van der Waals surface area contributed by atoms with E-state index in [1.807, 2.05) is 55.5 Å². The van der Waals surface area contributed by atoms with Crippen LogP contribution in [0.2, 0.25) is 0 Å². The first-order valence-electron chi connectivity index (χ1n) is 11.9. The van der Waals surface area contributed by atoms with Crippen molar-refractivity contribution in [2.45, 2.75) is 26.3 Å². The van der Waals surface area contributed by atoms with Crippen molar-refractivity contribution in [2.75, 3.05) is 13.2 Å². The molecule has 11 heteroatoms. The zero-order chi connectivity index (χ0) is 28.9. The van der Waals surface area contributed by atoms with E-state index in [1.165, 1.54) is 17.5 Å². The van der Waals surface area contributed by atoms with Crippen molar-refractivity contribution in [1.82, 2.24) is 4.98 Å². The van der Waals surface area contributed by atoms with E-state index in [9.17, 15) is 9.59 Å². The van der Waals surface area contributed by atoms with Gasteiger partial charge in [0.1, 0.15) is 4.88 Å². The number of thiophene rings is 1. The van der Waals surface area contributed by atoms with E-state index in [0.29, 0.717) is 22.3 Å². The van der Waals surface area contributed by atoms with E-state index >= 15 is 0 Å². The number of carboxylic acids is 1. The summed E-state index contributed by atoms with van der Waals surface area (Å²) in [6.07, 6.45) is 5.97. The summed E-state index contributed by atoms with van der Waals surface area (Å²) in [4.78, 5) is 25.1. The van der Waals surface area contributed by atoms with Crippen LogP contribution in [0.5, 0.6) is 0 Å². The average molecular weight is 680 g/mol. The monoisotopic (exact) mass is 678 g/mol. The zero-order valence-corrected chi connectivity index (χ0v) is 25.6. The molecule has 1 aliphatic heterocycles. The number of Topliss-reactive ketones (excluding diaryl/α,β-unsaturated/α-hetero) is 1. The Kier molecular flexibility index (Phi) is 13.4. The van der Waals surface area contributed by atoms with Crippen LogP contribution < -0.4 is 17.2 Å². The zero-order valence-electron chi connectivity index (χ0n) is 21.6. The molecule has 0 amide bonds. The molecule has 1 saturated heterocycles. The van der Waals surface area contributed by atoms with E-state index in [-0.39, 0.29) is 5.78 Å². The Morgan fingerprint density at radius 3 is 2.31 bits per heavy atom. The molecular weight excluding hydrogens is 648 g/mol. The van der Waals surface area contributed by atoms with Gasteiger partial charge < -0.3 is 32.0 Å². The molecule has 2 aromatic heterocycles. The molecule has 0 saturated carbocycles. The average Bonchev–Trinajstić information content (AvgIpc) is 3.64. The first-order valence-corrected chi connectivity index (χ1v) is 14.3.